The molecule has 4 aromatic rings. The zero-order valence-electron chi connectivity index (χ0n) is 16.4. The molecule has 0 bridgehead atoms. The molecule has 0 aliphatic carbocycles. The molecule has 0 aromatic carbocycles. The minimum Gasteiger partial charge on any atom is -0.354 e. The Hall–Kier alpha value is -3.33. The summed E-state index contributed by atoms with van der Waals surface area (Å²) in [5.41, 5.74) is 5.28. The van der Waals surface area contributed by atoms with E-state index < -0.39 is 9.84 Å². The van der Waals surface area contributed by atoms with E-state index in [2.05, 4.69) is 15.1 Å². The molecular weight excluding hydrogens is 400 g/mol. The topological polar surface area (TPSA) is 93.4 Å². The second kappa shape index (κ2) is 7.17. The van der Waals surface area contributed by atoms with E-state index >= 15 is 0 Å². The molecule has 152 valence electrons. The summed E-state index contributed by atoms with van der Waals surface area (Å²) in [6.07, 6.45) is 7.13. The van der Waals surface area contributed by atoms with Crippen molar-refractivity contribution in [3.63, 3.8) is 0 Å². The van der Waals surface area contributed by atoms with Crippen LogP contribution in [0.4, 0.5) is 5.82 Å². The molecule has 5 rings (SSSR count). The van der Waals surface area contributed by atoms with E-state index in [0.717, 1.165) is 39.5 Å². The molecule has 1 fully saturated rings. The lowest BCUT2D eigenvalue weighted by Crippen LogP contribution is -2.40. The molecule has 30 heavy (non-hydrogen) atoms. The first-order valence-electron chi connectivity index (χ1n) is 9.68. The Morgan fingerprint density at radius 3 is 2.53 bits per heavy atom. The highest BCUT2D eigenvalue weighted by Crippen LogP contribution is 2.27. The fraction of sp³-hybridized carbons (Fsp3) is 0.238. The monoisotopic (exact) mass is 420 g/mol. The summed E-state index contributed by atoms with van der Waals surface area (Å²) in [6, 6.07) is 9.77. The maximum atomic E-state index is 11.8. The van der Waals surface area contributed by atoms with Crippen molar-refractivity contribution in [1.82, 2.24) is 24.6 Å². The van der Waals surface area contributed by atoms with Crippen molar-refractivity contribution < 1.29 is 8.42 Å². The number of aromatic nitrogens is 5. The Kier molecular flexibility index (Phi) is 4.47. The summed E-state index contributed by atoms with van der Waals surface area (Å²) in [5.74, 6) is 1.09. The van der Waals surface area contributed by atoms with E-state index in [-0.39, 0.29) is 11.5 Å². The van der Waals surface area contributed by atoms with Crippen molar-refractivity contribution in [2.75, 3.05) is 29.5 Å². The fourth-order valence-corrected chi connectivity index (χ4v) is 4.84. The van der Waals surface area contributed by atoms with Gasteiger partial charge in [-0.25, -0.2) is 17.9 Å². The number of nitrogens with zero attached hydrogens (tertiary/aromatic N) is 6. The molecule has 0 spiro atoms. The number of rotatable bonds is 3. The summed E-state index contributed by atoms with van der Waals surface area (Å²) >= 11 is 0. The van der Waals surface area contributed by atoms with E-state index in [9.17, 15) is 8.42 Å². The number of pyridine rings is 2. The predicted molar refractivity (Wildman–Crippen MR) is 115 cm³/mol. The number of fused-ring (bicyclic) bond motifs is 1. The fourth-order valence-electron chi connectivity index (χ4n) is 3.64. The van der Waals surface area contributed by atoms with Crippen LogP contribution >= 0.6 is 0 Å². The molecule has 0 saturated carbocycles. The third-order valence-electron chi connectivity index (χ3n) is 5.34. The van der Waals surface area contributed by atoms with Gasteiger partial charge in [0.25, 0.3) is 0 Å². The van der Waals surface area contributed by atoms with Crippen molar-refractivity contribution in [1.29, 1.82) is 0 Å². The highest BCUT2D eigenvalue weighted by atomic mass is 32.2. The molecule has 8 nitrogen and oxygen atoms in total. The van der Waals surface area contributed by atoms with Gasteiger partial charge in [0, 0.05) is 60.1 Å². The second-order valence-corrected chi connectivity index (χ2v) is 9.67. The third-order valence-corrected chi connectivity index (χ3v) is 6.95. The van der Waals surface area contributed by atoms with Gasteiger partial charge in [0.05, 0.1) is 23.4 Å². The first kappa shape index (κ1) is 18.7. The molecule has 5 heterocycles. The van der Waals surface area contributed by atoms with Gasteiger partial charge in [0.15, 0.2) is 15.5 Å². The van der Waals surface area contributed by atoms with Gasteiger partial charge in [-0.1, -0.05) is 6.07 Å². The van der Waals surface area contributed by atoms with Crippen LogP contribution in [0.1, 0.15) is 5.69 Å². The summed E-state index contributed by atoms with van der Waals surface area (Å²) in [6.45, 7) is 2.88. The van der Waals surface area contributed by atoms with Crippen LogP contribution in [0.2, 0.25) is 0 Å². The third kappa shape index (κ3) is 3.41. The molecule has 4 aromatic heterocycles. The first-order chi connectivity index (χ1) is 14.5. The highest BCUT2D eigenvalue weighted by Gasteiger charge is 2.23. The van der Waals surface area contributed by atoms with Gasteiger partial charge in [-0.15, -0.1) is 0 Å². The van der Waals surface area contributed by atoms with Gasteiger partial charge in [0.2, 0.25) is 0 Å². The quantitative estimate of drug-likeness (QED) is 0.502. The van der Waals surface area contributed by atoms with Gasteiger partial charge < -0.3 is 4.90 Å². The second-order valence-electron chi connectivity index (χ2n) is 7.36. The van der Waals surface area contributed by atoms with E-state index in [4.69, 9.17) is 4.98 Å². The van der Waals surface area contributed by atoms with Crippen molar-refractivity contribution in [3.05, 3.63) is 60.8 Å². The average Bonchev–Trinajstić information content (AvgIpc) is 3.19. The number of hydrogen-bond acceptors (Lipinski definition) is 7. The molecule has 1 aliphatic heterocycles. The van der Waals surface area contributed by atoms with Gasteiger partial charge in [0.1, 0.15) is 5.82 Å². The smallest absolute Gasteiger partial charge is 0.165 e. The van der Waals surface area contributed by atoms with Gasteiger partial charge in [-0.05, 0) is 25.1 Å². The van der Waals surface area contributed by atoms with Gasteiger partial charge in [-0.3, -0.25) is 9.97 Å². The van der Waals surface area contributed by atoms with Crippen LogP contribution in [0.5, 0.6) is 0 Å². The van der Waals surface area contributed by atoms with E-state index in [1.807, 2.05) is 48.4 Å². The highest BCUT2D eigenvalue weighted by molar-refractivity contribution is 7.91. The van der Waals surface area contributed by atoms with Crippen molar-refractivity contribution in [2.24, 2.45) is 0 Å². The molecule has 0 atom stereocenters. The summed E-state index contributed by atoms with van der Waals surface area (Å²) in [4.78, 5) is 15.6. The minimum atomic E-state index is -2.94. The number of anilines is 1. The average molecular weight is 420 g/mol. The molecule has 0 amide bonds. The zero-order valence-corrected chi connectivity index (χ0v) is 17.2. The Morgan fingerprint density at radius 2 is 1.83 bits per heavy atom. The maximum absolute atomic E-state index is 11.8. The largest absolute Gasteiger partial charge is 0.354 e. The van der Waals surface area contributed by atoms with Crippen molar-refractivity contribution in [2.45, 2.75) is 6.92 Å². The van der Waals surface area contributed by atoms with Crippen LogP contribution in [0.15, 0.2) is 55.1 Å². The lowest BCUT2D eigenvalue weighted by Gasteiger charge is -2.28. The lowest BCUT2D eigenvalue weighted by molar-refractivity contribution is 0.586. The Morgan fingerprint density at radius 1 is 1.00 bits per heavy atom. The molecule has 1 aliphatic rings. The van der Waals surface area contributed by atoms with Crippen LogP contribution in [0.3, 0.4) is 0 Å². The molecule has 0 radical (unpaired) electrons. The van der Waals surface area contributed by atoms with Crippen LogP contribution in [-0.4, -0.2) is 57.6 Å². The van der Waals surface area contributed by atoms with Crippen LogP contribution in [0.25, 0.3) is 28.0 Å². The van der Waals surface area contributed by atoms with E-state index in [1.165, 1.54) is 0 Å². The first-order valence-corrected chi connectivity index (χ1v) is 11.5. The summed E-state index contributed by atoms with van der Waals surface area (Å²) in [7, 11) is -2.94. The van der Waals surface area contributed by atoms with E-state index in [0.29, 0.717) is 13.1 Å². The molecule has 0 N–H and O–H groups in total. The van der Waals surface area contributed by atoms with Crippen LogP contribution < -0.4 is 4.90 Å². The minimum absolute atomic E-state index is 0.157. The maximum Gasteiger partial charge on any atom is 0.165 e. The normalized spacial score (nSPS) is 16.1. The molecule has 0 unspecified atom stereocenters. The van der Waals surface area contributed by atoms with Crippen LogP contribution in [-0.2, 0) is 9.84 Å². The van der Waals surface area contributed by atoms with Gasteiger partial charge in [-0.2, -0.15) is 5.10 Å². The SMILES string of the molecule is Cc1cc(N2CCS(=O)(=O)CC2)nc2c(-c3ccc(-c4cccnc4)nc3)cnn12. The standard InChI is InChI=1S/C21H20N6O2S/c1-15-11-20(26-7-9-30(28,29)10-8-26)25-21-18(14-24-27(15)21)16-4-5-19(23-13-16)17-3-2-6-22-12-17/h2-6,11-14H,7-10H2,1H3. The number of sulfone groups is 1. The zero-order chi connectivity index (χ0) is 20.7. The number of hydrogen-bond donors (Lipinski definition) is 0. The van der Waals surface area contributed by atoms with E-state index in [1.54, 1.807) is 23.1 Å². The van der Waals surface area contributed by atoms with Crippen molar-refractivity contribution >= 4 is 21.3 Å². The Bertz CT molecular complexity index is 1300. The Labute approximate surface area is 174 Å². The molecule has 9 heteroatoms. The van der Waals surface area contributed by atoms with Crippen molar-refractivity contribution in [3.8, 4) is 22.4 Å². The number of aryl methyl sites for hydroxylation is 1. The summed E-state index contributed by atoms with van der Waals surface area (Å²) < 4.78 is 25.3. The lowest BCUT2D eigenvalue weighted by atomic mass is 10.1. The summed E-state index contributed by atoms with van der Waals surface area (Å²) in [5, 5.41) is 4.49. The van der Waals surface area contributed by atoms with Gasteiger partial charge >= 0.3 is 0 Å². The predicted octanol–water partition coefficient (Wildman–Crippen LogP) is 2.40. The molecular formula is C21H20N6O2S. The van der Waals surface area contributed by atoms with Crippen LogP contribution in [0, 0.1) is 6.92 Å². The molecule has 1 saturated heterocycles. The Balaban J connectivity index is 1.51.